The molecule has 0 aromatic heterocycles. The number of ether oxygens (including phenoxy) is 1. The van der Waals surface area contributed by atoms with Gasteiger partial charge in [0.15, 0.2) is 0 Å². The molecule has 2 aromatic carbocycles. The lowest BCUT2D eigenvalue weighted by atomic mass is 9.92. The molecule has 1 heterocycles. The van der Waals surface area contributed by atoms with Crippen molar-refractivity contribution < 1.29 is 9.53 Å². The highest BCUT2D eigenvalue weighted by Gasteiger charge is 2.59. The van der Waals surface area contributed by atoms with Gasteiger partial charge in [0.05, 0.1) is 12.6 Å². The molecule has 1 unspecified atom stereocenters. The van der Waals surface area contributed by atoms with Crippen LogP contribution in [0.15, 0.2) is 54.6 Å². The summed E-state index contributed by atoms with van der Waals surface area (Å²) in [7, 11) is 4.09. The number of likely N-dealkylation sites (tertiary alicyclic amines) is 1. The van der Waals surface area contributed by atoms with Gasteiger partial charge in [-0.3, -0.25) is 4.79 Å². The zero-order valence-corrected chi connectivity index (χ0v) is 17.8. The van der Waals surface area contributed by atoms with Crippen LogP contribution in [0.2, 0.25) is 0 Å². The van der Waals surface area contributed by atoms with E-state index >= 15 is 0 Å². The van der Waals surface area contributed by atoms with Crippen molar-refractivity contribution in [3.63, 3.8) is 0 Å². The fourth-order valence-electron chi connectivity index (χ4n) is 3.39. The van der Waals surface area contributed by atoms with Crippen molar-refractivity contribution in [3.05, 3.63) is 65.7 Å². The van der Waals surface area contributed by atoms with E-state index < -0.39 is 4.33 Å². The van der Waals surface area contributed by atoms with Crippen molar-refractivity contribution in [2.75, 3.05) is 33.8 Å². The topological polar surface area (TPSA) is 32.8 Å². The maximum atomic E-state index is 12.4. The largest absolute Gasteiger partial charge is 0.494 e. The molecular formula is C22H26Cl2N2O2. The van der Waals surface area contributed by atoms with Gasteiger partial charge in [-0.05, 0) is 50.2 Å². The molecule has 1 fully saturated rings. The molecule has 2 aromatic rings. The molecule has 1 aliphatic heterocycles. The molecule has 0 spiro atoms. The van der Waals surface area contributed by atoms with Crippen LogP contribution in [0.5, 0.6) is 5.75 Å². The summed E-state index contributed by atoms with van der Waals surface area (Å²) in [4.78, 5) is 16.3. The minimum absolute atomic E-state index is 0.235. The molecule has 150 valence electrons. The minimum Gasteiger partial charge on any atom is -0.494 e. The number of rotatable bonds is 9. The van der Waals surface area contributed by atoms with E-state index in [4.69, 9.17) is 27.9 Å². The number of nitrogens with zero attached hydrogens (tertiary/aromatic N) is 2. The minimum atomic E-state index is -1.41. The van der Waals surface area contributed by atoms with E-state index in [2.05, 4.69) is 17.0 Å². The third-order valence-electron chi connectivity index (χ3n) is 4.90. The van der Waals surface area contributed by atoms with E-state index in [1.54, 1.807) is 4.90 Å². The van der Waals surface area contributed by atoms with Crippen LogP contribution in [0.25, 0.3) is 0 Å². The Balaban J connectivity index is 1.61. The van der Waals surface area contributed by atoms with E-state index in [9.17, 15) is 4.79 Å². The molecule has 4 nitrogen and oxygen atoms in total. The van der Waals surface area contributed by atoms with Gasteiger partial charge in [0.1, 0.15) is 5.75 Å². The van der Waals surface area contributed by atoms with Crippen molar-refractivity contribution in [2.45, 2.75) is 23.2 Å². The Morgan fingerprint density at radius 1 is 1.07 bits per heavy atom. The monoisotopic (exact) mass is 420 g/mol. The Morgan fingerprint density at radius 3 is 2.39 bits per heavy atom. The quantitative estimate of drug-likeness (QED) is 0.344. The summed E-state index contributed by atoms with van der Waals surface area (Å²) < 4.78 is 4.36. The molecular weight excluding hydrogens is 395 g/mol. The van der Waals surface area contributed by atoms with Gasteiger partial charge in [-0.1, -0.05) is 65.7 Å². The van der Waals surface area contributed by atoms with Crippen LogP contribution in [0, 0.1) is 0 Å². The highest BCUT2D eigenvalue weighted by molar-refractivity contribution is 6.60. The first-order chi connectivity index (χ1) is 13.4. The molecule has 1 saturated heterocycles. The predicted molar refractivity (Wildman–Crippen MR) is 114 cm³/mol. The van der Waals surface area contributed by atoms with Gasteiger partial charge in [0.25, 0.3) is 5.91 Å². The van der Waals surface area contributed by atoms with Gasteiger partial charge >= 0.3 is 0 Å². The van der Waals surface area contributed by atoms with Crippen molar-refractivity contribution in [1.82, 2.24) is 9.80 Å². The molecule has 0 bridgehead atoms. The molecule has 3 rings (SSSR count). The molecule has 1 atom stereocenters. The van der Waals surface area contributed by atoms with Crippen LogP contribution < -0.4 is 4.74 Å². The number of halogens is 2. The first kappa shape index (κ1) is 21.0. The van der Waals surface area contributed by atoms with Crippen LogP contribution in [-0.2, 0) is 11.2 Å². The molecule has 0 saturated carbocycles. The number of benzene rings is 2. The van der Waals surface area contributed by atoms with Crippen LogP contribution in [0.1, 0.15) is 23.6 Å². The van der Waals surface area contributed by atoms with Gasteiger partial charge < -0.3 is 14.5 Å². The summed E-state index contributed by atoms with van der Waals surface area (Å²) in [5.41, 5.74) is 2.09. The first-order valence-corrected chi connectivity index (χ1v) is 10.3. The van der Waals surface area contributed by atoms with Gasteiger partial charge in [0.2, 0.25) is 4.33 Å². The molecule has 1 aliphatic rings. The number of carbonyl (C=O) groups is 1. The predicted octanol–water partition coefficient (Wildman–Crippen LogP) is 4.32. The third kappa shape index (κ3) is 4.80. The lowest BCUT2D eigenvalue weighted by molar-refractivity contribution is -0.148. The molecule has 1 amide bonds. The summed E-state index contributed by atoms with van der Waals surface area (Å²) in [5.74, 6) is 0.569. The van der Waals surface area contributed by atoms with E-state index in [-0.39, 0.29) is 11.9 Å². The van der Waals surface area contributed by atoms with Crippen molar-refractivity contribution >= 4 is 29.1 Å². The molecule has 0 aliphatic carbocycles. The van der Waals surface area contributed by atoms with E-state index in [0.29, 0.717) is 13.2 Å². The maximum Gasteiger partial charge on any atom is 0.262 e. The van der Waals surface area contributed by atoms with E-state index in [0.717, 1.165) is 30.7 Å². The second kappa shape index (κ2) is 9.17. The van der Waals surface area contributed by atoms with Crippen molar-refractivity contribution in [1.29, 1.82) is 0 Å². The Morgan fingerprint density at radius 2 is 1.75 bits per heavy atom. The number of hydrogen-bond acceptors (Lipinski definition) is 3. The number of amides is 1. The van der Waals surface area contributed by atoms with Gasteiger partial charge in [0, 0.05) is 13.1 Å². The van der Waals surface area contributed by atoms with Gasteiger partial charge in [-0.25, -0.2) is 0 Å². The lowest BCUT2D eigenvalue weighted by Gasteiger charge is -2.49. The van der Waals surface area contributed by atoms with Crippen LogP contribution in [0.3, 0.4) is 0 Å². The number of hydrogen-bond donors (Lipinski definition) is 0. The zero-order valence-electron chi connectivity index (χ0n) is 16.3. The molecule has 6 heteroatoms. The van der Waals surface area contributed by atoms with Crippen molar-refractivity contribution in [3.8, 4) is 5.75 Å². The van der Waals surface area contributed by atoms with Crippen LogP contribution >= 0.6 is 23.2 Å². The normalized spacial score (nSPS) is 18.2. The third-order valence-corrected chi connectivity index (χ3v) is 5.64. The summed E-state index contributed by atoms with van der Waals surface area (Å²) in [6.45, 7) is 2.23. The zero-order chi connectivity index (χ0) is 20.1. The molecule has 0 N–H and O–H groups in total. The molecule has 0 radical (unpaired) electrons. The fourth-order valence-corrected chi connectivity index (χ4v) is 4.09. The van der Waals surface area contributed by atoms with E-state index in [1.807, 2.05) is 56.6 Å². The Labute approximate surface area is 177 Å². The van der Waals surface area contributed by atoms with E-state index in [1.165, 1.54) is 5.56 Å². The Hall–Kier alpha value is -1.75. The number of β-lactam (4-membered cyclic amide) rings is 1. The summed E-state index contributed by atoms with van der Waals surface area (Å²) >= 11 is 12.7. The number of alkyl halides is 2. The standard InChI is InChI=1S/C22H26Cl2N2O2/c1-25(2)14-6-16-28-19-11-9-18(10-12-19)20-22(23,24)21(27)26(20)15-13-17-7-4-3-5-8-17/h3-5,7-12,20H,6,13-16H2,1-2H3. The fraction of sp³-hybridized carbons (Fsp3) is 0.409. The highest BCUT2D eigenvalue weighted by Crippen LogP contribution is 2.50. The number of carbonyl (C=O) groups excluding carboxylic acids is 1. The van der Waals surface area contributed by atoms with Crippen LogP contribution in [0.4, 0.5) is 0 Å². The lowest BCUT2D eigenvalue weighted by Crippen LogP contribution is -2.62. The Bertz CT molecular complexity index is 779. The molecule has 28 heavy (non-hydrogen) atoms. The van der Waals surface area contributed by atoms with Crippen LogP contribution in [-0.4, -0.2) is 53.8 Å². The van der Waals surface area contributed by atoms with Gasteiger partial charge in [-0.15, -0.1) is 0 Å². The van der Waals surface area contributed by atoms with Crippen molar-refractivity contribution in [2.24, 2.45) is 0 Å². The highest BCUT2D eigenvalue weighted by atomic mass is 35.5. The maximum absolute atomic E-state index is 12.4. The average Bonchev–Trinajstić information content (AvgIpc) is 2.69. The average molecular weight is 421 g/mol. The summed E-state index contributed by atoms with van der Waals surface area (Å²) in [6.07, 6.45) is 1.73. The smallest absolute Gasteiger partial charge is 0.262 e. The second-order valence-electron chi connectivity index (χ2n) is 7.33. The first-order valence-electron chi connectivity index (χ1n) is 9.50. The van der Waals surface area contributed by atoms with Gasteiger partial charge in [-0.2, -0.15) is 0 Å². The second-order valence-corrected chi connectivity index (χ2v) is 8.72. The Kier molecular flexibility index (Phi) is 6.86. The SMILES string of the molecule is CN(C)CCCOc1ccc(C2N(CCc3ccccc3)C(=O)C2(Cl)Cl)cc1. The summed E-state index contributed by atoms with van der Waals surface area (Å²) in [5, 5.41) is 0. The summed E-state index contributed by atoms with van der Waals surface area (Å²) in [6, 6.07) is 17.4.